The molecule has 0 aromatic carbocycles. The van der Waals surface area contributed by atoms with E-state index in [1.807, 2.05) is 6.07 Å². The Kier molecular flexibility index (Phi) is 3.51. The second kappa shape index (κ2) is 4.88. The predicted octanol–water partition coefficient (Wildman–Crippen LogP) is 0.911. The van der Waals surface area contributed by atoms with Gasteiger partial charge in [0.2, 0.25) is 0 Å². The van der Waals surface area contributed by atoms with Crippen LogP contribution in [0.5, 0.6) is 0 Å². The molecule has 1 fully saturated rings. The van der Waals surface area contributed by atoms with Gasteiger partial charge in [-0.15, -0.1) is 5.10 Å². The van der Waals surface area contributed by atoms with E-state index in [2.05, 4.69) is 15.1 Å². The molecule has 1 aliphatic heterocycles. The maximum Gasteiger partial charge on any atom is 0.151 e. The summed E-state index contributed by atoms with van der Waals surface area (Å²) < 4.78 is 0. The fourth-order valence-electron chi connectivity index (χ4n) is 1.91. The minimum Gasteiger partial charge on any atom is -0.330 e. The highest BCUT2D eigenvalue weighted by atomic mass is 35.5. The molecule has 1 atom stereocenters. The summed E-state index contributed by atoms with van der Waals surface area (Å²) in [6.45, 7) is 3.80. The molecule has 2 rings (SSSR count). The van der Waals surface area contributed by atoms with Gasteiger partial charge in [-0.3, -0.25) is 4.90 Å². The fraction of sp³-hybridized carbons (Fsp3) is 0.600. The van der Waals surface area contributed by atoms with Gasteiger partial charge < -0.3 is 5.73 Å². The van der Waals surface area contributed by atoms with Crippen molar-refractivity contribution >= 4 is 11.6 Å². The Morgan fingerprint density at radius 2 is 2.33 bits per heavy atom. The van der Waals surface area contributed by atoms with Gasteiger partial charge in [-0.25, -0.2) is 0 Å². The van der Waals surface area contributed by atoms with Gasteiger partial charge in [0, 0.05) is 13.1 Å². The Labute approximate surface area is 94.4 Å². The number of hydrogen-bond donors (Lipinski definition) is 1. The fourth-order valence-corrected chi connectivity index (χ4v) is 2.01. The minimum absolute atomic E-state index is 0.444. The Morgan fingerprint density at radius 3 is 2.93 bits per heavy atom. The lowest BCUT2D eigenvalue weighted by Gasteiger charge is -2.14. The second-order valence-corrected chi connectivity index (χ2v) is 4.36. The highest BCUT2D eigenvalue weighted by Gasteiger charge is 2.21. The van der Waals surface area contributed by atoms with Crippen LogP contribution in [0.4, 0.5) is 0 Å². The van der Waals surface area contributed by atoms with Gasteiger partial charge in [-0.1, -0.05) is 11.6 Å². The van der Waals surface area contributed by atoms with E-state index in [1.54, 1.807) is 6.07 Å². The monoisotopic (exact) mass is 226 g/mol. The maximum absolute atomic E-state index is 5.67. The maximum atomic E-state index is 5.67. The van der Waals surface area contributed by atoms with Crippen molar-refractivity contribution in [3.05, 3.63) is 23.0 Å². The number of hydrogen-bond acceptors (Lipinski definition) is 4. The first-order valence-electron chi connectivity index (χ1n) is 5.18. The smallest absolute Gasteiger partial charge is 0.151 e. The molecule has 4 nitrogen and oxygen atoms in total. The molecule has 82 valence electrons. The number of rotatable bonds is 3. The van der Waals surface area contributed by atoms with Gasteiger partial charge >= 0.3 is 0 Å². The van der Waals surface area contributed by atoms with Crippen molar-refractivity contribution in [3.8, 4) is 0 Å². The Balaban J connectivity index is 1.90. The number of nitrogens with zero attached hydrogens (tertiary/aromatic N) is 3. The molecule has 0 spiro atoms. The van der Waals surface area contributed by atoms with Crippen molar-refractivity contribution in [3.63, 3.8) is 0 Å². The predicted molar refractivity (Wildman–Crippen MR) is 59.5 cm³/mol. The quantitative estimate of drug-likeness (QED) is 0.833. The van der Waals surface area contributed by atoms with E-state index in [-0.39, 0.29) is 0 Å². The lowest BCUT2D eigenvalue weighted by atomic mass is 10.1. The van der Waals surface area contributed by atoms with Gasteiger partial charge in [-0.05, 0) is 37.6 Å². The molecule has 0 saturated carbocycles. The highest BCUT2D eigenvalue weighted by molar-refractivity contribution is 6.29. The summed E-state index contributed by atoms with van der Waals surface area (Å²) in [7, 11) is 0. The average Bonchev–Trinajstić information content (AvgIpc) is 2.69. The molecule has 0 radical (unpaired) electrons. The van der Waals surface area contributed by atoms with Crippen LogP contribution in [-0.2, 0) is 6.54 Å². The summed E-state index contributed by atoms with van der Waals surface area (Å²) in [5.41, 5.74) is 6.61. The summed E-state index contributed by atoms with van der Waals surface area (Å²) in [6, 6.07) is 3.70. The highest BCUT2D eigenvalue weighted by Crippen LogP contribution is 2.16. The molecule has 0 aliphatic carbocycles. The molecule has 2 N–H and O–H groups in total. The van der Waals surface area contributed by atoms with E-state index in [1.165, 1.54) is 6.42 Å². The van der Waals surface area contributed by atoms with Crippen molar-refractivity contribution < 1.29 is 0 Å². The molecule has 0 unspecified atom stereocenters. The topological polar surface area (TPSA) is 55.0 Å². The van der Waals surface area contributed by atoms with Crippen LogP contribution in [0, 0.1) is 5.92 Å². The zero-order valence-corrected chi connectivity index (χ0v) is 9.32. The molecule has 1 aromatic heterocycles. The van der Waals surface area contributed by atoms with Crippen LogP contribution >= 0.6 is 11.6 Å². The largest absolute Gasteiger partial charge is 0.330 e. The van der Waals surface area contributed by atoms with Crippen molar-refractivity contribution in [2.45, 2.75) is 13.0 Å². The third kappa shape index (κ3) is 2.87. The van der Waals surface area contributed by atoms with Crippen LogP contribution in [0.3, 0.4) is 0 Å². The molecule has 15 heavy (non-hydrogen) atoms. The number of likely N-dealkylation sites (tertiary alicyclic amines) is 1. The van der Waals surface area contributed by atoms with Crippen molar-refractivity contribution in [2.75, 3.05) is 19.6 Å². The van der Waals surface area contributed by atoms with Crippen molar-refractivity contribution in [1.29, 1.82) is 0 Å². The Bertz CT molecular complexity index is 314. The number of aromatic nitrogens is 2. The third-order valence-electron chi connectivity index (χ3n) is 2.78. The van der Waals surface area contributed by atoms with Gasteiger partial charge in [0.05, 0.1) is 5.69 Å². The SMILES string of the molecule is NC[C@H]1CCN(Cc2ccc(Cl)nn2)C1. The summed E-state index contributed by atoms with van der Waals surface area (Å²) in [6.07, 6.45) is 1.19. The first-order valence-corrected chi connectivity index (χ1v) is 5.56. The summed E-state index contributed by atoms with van der Waals surface area (Å²) in [5, 5.41) is 8.31. The molecule has 1 aliphatic rings. The Hall–Kier alpha value is -0.710. The van der Waals surface area contributed by atoms with Crippen LogP contribution in [-0.4, -0.2) is 34.7 Å². The Morgan fingerprint density at radius 1 is 1.47 bits per heavy atom. The van der Waals surface area contributed by atoms with Gasteiger partial charge in [0.25, 0.3) is 0 Å². The first-order chi connectivity index (χ1) is 7.28. The molecular formula is C10H15ClN4. The summed E-state index contributed by atoms with van der Waals surface area (Å²) in [5.74, 6) is 0.644. The standard InChI is InChI=1S/C10H15ClN4/c11-10-2-1-9(13-14-10)7-15-4-3-8(5-12)6-15/h1-2,8H,3-7,12H2/t8-/m1/s1. The lowest BCUT2D eigenvalue weighted by Crippen LogP contribution is -2.23. The van der Waals surface area contributed by atoms with Crippen molar-refractivity contribution in [2.24, 2.45) is 11.7 Å². The van der Waals surface area contributed by atoms with E-state index in [0.29, 0.717) is 11.1 Å². The van der Waals surface area contributed by atoms with Crippen LogP contribution in [0.2, 0.25) is 5.15 Å². The zero-order chi connectivity index (χ0) is 10.7. The van der Waals surface area contributed by atoms with E-state index in [9.17, 15) is 0 Å². The van der Waals surface area contributed by atoms with E-state index in [0.717, 1.165) is 31.9 Å². The van der Waals surface area contributed by atoms with Gasteiger partial charge in [0.1, 0.15) is 0 Å². The molecular weight excluding hydrogens is 212 g/mol. The molecule has 0 bridgehead atoms. The lowest BCUT2D eigenvalue weighted by molar-refractivity contribution is 0.313. The molecule has 2 heterocycles. The van der Waals surface area contributed by atoms with Gasteiger partial charge in [-0.2, -0.15) is 5.10 Å². The summed E-state index contributed by atoms with van der Waals surface area (Å²) >= 11 is 5.67. The van der Waals surface area contributed by atoms with Crippen LogP contribution in [0.1, 0.15) is 12.1 Å². The first kappa shape index (κ1) is 10.8. The van der Waals surface area contributed by atoms with E-state index >= 15 is 0 Å². The van der Waals surface area contributed by atoms with Crippen LogP contribution in [0.25, 0.3) is 0 Å². The van der Waals surface area contributed by atoms with E-state index < -0.39 is 0 Å². The molecule has 0 amide bonds. The normalized spacial score (nSPS) is 22.1. The van der Waals surface area contributed by atoms with Crippen LogP contribution < -0.4 is 5.73 Å². The van der Waals surface area contributed by atoms with E-state index in [4.69, 9.17) is 17.3 Å². The van der Waals surface area contributed by atoms with Gasteiger partial charge in [0.15, 0.2) is 5.15 Å². The average molecular weight is 227 g/mol. The zero-order valence-electron chi connectivity index (χ0n) is 8.56. The van der Waals surface area contributed by atoms with Crippen molar-refractivity contribution in [1.82, 2.24) is 15.1 Å². The second-order valence-electron chi connectivity index (χ2n) is 3.97. The summed E-state index contributed by atoms with van der Waals surface area (Å²) in [4.78, 5) is 2.36. The molecule has 1 saturated heterocycles. The number of nitrogens with two attached hydrogens (primary N) is 1. The molecule has 1 aromatic rings. The third-order valence-corrected chi connectivity index (χ3v) is 2.98. The molecule has 5 heteroatoms. The van der Waals surface area contributed by atoms with Crippen LogP contribution in [0.15, 0.2) is 12.1 Å². The number of halogens is 1. The minimum atomic E-state index is 0.444.